The van der Waals surface area contributed by atoms with Crippen molar-refractivity contribution in [2.75, 3.05) is 24.8 Å². The third-order valence-corrected chi connectivity index (χ3v) is 4.49. The summed E-state index contributed by atoms with van der Waals surface area (Å²) in [4.78, 5) is 12.5. The standard InChI is InChI=1S/C17H17BrCl2N2O3/c1-3-4-25-16-11(18)5-9(6-14(16)24-2)17(23)22-10-7-12(19)15(21)13(20)8-10/h5-8H,3-4,21H2,1-2H3,(H,22,23). The Balaban J connectivity index is 2.29. The Hall–Kier alpha value is -1.63. The lowest BCUT2D eigenvalue weighted by Crippen LogP contribution is -2.13. The van der Waals surface area contributed by atoms with Crippen LogP contribution < -0.4 is 20.5 Å². The van der Waals surface area contributed by atoms with Crippen LogP contribution in [0, 0.1) is 0 Å². The van der Waals surface area contributed by atoms with Crippen molar-refractivity contribution in [1.29, 1.82) is 0 Å². The summed E-state index contributed by atoms with van der Waals surface area (Å²) in [7, 11) is 1.52. The van der Waals surface area contributed by atoms with Gasteiger partial charge in [0.2, 0.25) is 0 Å². The second kappa shape index (κ2) is 8.65. The summed E-state index contributed by atoms with van der Waals surface area (Å²) in [6, 6.07) is 6.33. The summed E-state index contributed by atoms with van der Waals surface area (Å²) in [6.45, 7) is 2.55. The van der Waals surface area contributed by atoms with Crippen LogP contribution in [0.1, 0.15) is 23.7 Å². The molecule has 0 aliphatic rings. The van der Waals surface area contributed by atoms with Crippen molar-refractivity contribution in [2.45, 2.75) is 13.3 Å². The van der Waals surface area contributed by atoms with E-state index in [2.05, 4.69) is 21.2 Å². The highest BCUT2D eigenvalue weighted by atomic mass is 79.9. The van der Waals surface area contributed by atoms with Crippen LogP contribution in [0.15, 0.2) is 28.7 Å². The highest BCUT2D eigenvalue weighted by Crippen LogP contribution is 2.37. The quantitative estimate of drug-likeness (QED) is 0.582. The molecule has 5 nitrogen and oxygen atoms in total. The summed E-state index contributed by atoms with van der Waals surface area (Å²) in [6.07, 6.45) is 0.858. The molecule has 0 heterocycles. The predicted molar refractivity (Wildman–Crippen MR) is 105 cm³/mol. The van der Waals surface area contributed by atoms with Gasteiger partial charge in [-0.1, -0.05) is 30.1 Å². The van der Waals surface area contributed by atoms with Gasteiger partial charge >= 0.3 is 0 Å². The molecule has 3 N–H and O–H groups in total. The number of ether oxygens (including phenoxy) is 2. The second-order valence-electron chi connectivity index (χ2n) is 5.15. The van der Waals surface area contributed by atoms with E-state index in [0.717, 1.165) is 6.42 Å². The maximum Gasteiger partial charge on any atom is 0.255 e. The number of nitrogens with one attached hydrogen (secondary N) is 1. The third-order valence-electron chi connectivity index (χ3n) is 3.28. The number of carbonyl (C=O) groups is 1. The number of halogens is 3. The molecule has 0 saturated heterocycles. The molecule has 0 fully saturated rings. The third kappa shape index (κ3) is 4.71. The summed E-state index contributed by atoms with van der Waals surface area (Å²) < 4.78 is 11.6. The van der Waals surface area contributed by atoms with E-state index in [4.69, 9.17) is 38.4 Å². The first-order valence-corrected chi connectivity index (χ1v) is 8.98. The molecule has 2 aromatic rings. The van der Waals surface area contributed by atoms with E-state index in [1.54, 1.807) is 12.1 Å². The Kier molecular flexibility index (Phi) is 6.81. The van der Waals surface area contributed by atoms with Crippen LogP contribution in [0.2, 0.25) is 10.0 Å². The van der Waals surface area contributed by atoms with Crippen LogP contribution >= 0.6 is 39.1 Å². The van der Waals surface area contributed by atoms with Gasteiger partial charge in [-0.15, -0.1) is 0 Å². The molecule has 25 heavy (non-hydrogen) atoms. The highest BCUT2D eigenvalue weighted by molar-refractivity contribution is 9.10. The minimum Gasteiger partial charge on any atom is -0.493 e. The van der Waals surface area contributed by atoms with Gasteiger partial charge in [-0.3, -0.25) is 4.79 Å². The predicted octanol–water partition coefficient (Wildman–Crippen LogP) is 5.39. The fraction of sp³-hybridized carbons (Fsp3) is 0.235. The average Bonchev–Trinajstić information content (AvgIpc) is 2.57. The van der Waals surface area contributed by atoms with Gasteiger partial charge in [0.25, 0.3) is 5.91 Å². The minimum atomic E-state index is -0.349. The molecule has 0 radical (unpaired) electrons. The van der Waals surface area contributed by atoms with Crippen molar-refractivity contribution >= 4 is 56.4 Å². The number of hydrogen-bond donors (Lipinski definition) is 2. The number of rotatable bonds is 6. The maximum absolute atomic E-state index is 12.5. The van der Waals surface area contributed by atoms with E-state index >= 15 is 0 Å². The van der Waals surface area contributed by atoms with Crippen molar-refractivity contribution in [1.82, 2.24) is 0 Å². The first-order valence-electron chi connectivity index (χ1n) is 7.43. The van der Waals surface area contributed by atoms with Crippen molar-refractivity contribution in [3.8, 4) is 11.5 Å². The molecule has 0 bridgehead atoms. The Morgan fingerprint density at radius 2 is 1.88 bits per heavy atom. The number of anilines is 2. The number of nitrogen functional groups attached to an aromatic ring is 1. The number of methoxy groups -OCH3 is 1. The molecule has 0 atom stereocenters. The maximum atomic E-state index is 12.5. The van der Waals surface area contributed by atoms with E-state index in [9.17, 15) is 4.79 Å². The molecule has 0 aliphatic heterocycles. The number of carbonyl (C=O) groups excluding carboxylic acids is 1. The van der Waals surface area contributed by atoms with Gasteiger partial charge in [0.15, 0.2) is 11.5 Å². The van der Waals surface area contributed by atoms with E-state index in [1.165, 1.54) is 19.2 Å². The van der Waals surface area contributed by atoms with Crippen LogP contribution in [0.5, 0.6) is 11.5 Å². The van der Waals surface area contributed by atoms with Crippen LogP contribution in [-0.2, 0) is 0 Å². The molecular weight excluding hydrogens is 431 g/mol. The van der Waals surface area contributed by atoms with Crippen molar-refractivity contribution in [3.05, 3.63) is 44.3 Å². The van der Waals surface area contributed by atoms with E-state index in [1.807, 2.05) is 6.92 Å². The fourth-order valence-electron chi connectivity index (χ4n) is 2.05. The normalized spacial score (nSPS) is 10.4. The Morgan fingerprint density at radius 3 is 2.44 bits per heavy atom. The van der Waals surface area contributed by atoms with Crippen LogP contribution in [-0.4, -0.2) is 19.6 Å². The lowest BCUT2D eigenvalue weighted by atomic mass is 10.1. The molecule has 2 rings (SSSR count). The van der Waals surface area contributed by atoms with Crippen LogP contribution in [0.25, 0.3) is 0 Å². The van der Waals surface area contributed by atoms with Crippen LogP contribution in [0.4, 0.5) is 11.4 Å². The monoisotopic (exact) mass is 446 g/mol. The molecule has 0 unspecified atom stereocenters. The average molecular weight is 448 g/mol. The molecule has 8 heteroatoms. The Labute approximate surface area is 164 Å². The lowest BCUT2D eigenvalue weighted by Gasteiger charge is -2.14. The molecule has 2 aromatic carbocycles. The van der Waals surface area contributed by atoms with Gasteiger partial charge in [0.1, 0.15) is 0 Å². The van der Waals surface area contributed by atoms with Gasteiger partial charge < -0.3 is 20.5 Å². The van der Waals surface area contributed by atoms with Gasteiger partial charge in [0.05, 0.1) is 33.9 Å². The lowest BCUT2D eigenvalue weighted by molar-refractivity contribution is 0.102. The van der Waals surface area contributed by atoms with Crippen molar-refractivity contribution in [3.63, 3.8) is 0 Å². The van der Waals surface area contributed by atoms with Gasteiger partial charge in [-0.2, -0.15) is 0 Å². The number of benzene rings is 2. The summed E-state index contributed by atoms with van der Waals surface area (Å²) in [5, 5.41) is 3.26. The Bertz CT molecular complexity index is 777. The second-order valence-corrected chi connectivity index (χ2v) is 6.81. The first kappa shape index (κ1) is 19.7. The van der Waals surface area contributed by atoms with E-state index in [-0.39, 0.29) is 21.6 Å². The molecule has 0 aliphatic carbocycles. The first-order chi connectivity index (χ1) is 11.9. The molecule has 0 saturated carbocycles. The Morgan fingerprint density at radius 1 is 1.24 bits per heavy atom. The summed E-state index contributed by atoms with van der Waals surface area (Å²) >= 11 is 15.4. The molecule has 0 spiro atoms. The van der Waals surface area contributed by atoms with Crippen molar-refractivity contribution in [2.24, 2.45) is 0 Å². The van der Waals surface area contributed by atoms with Gasteiger partial charge in [-0.25, -0.2) is 0 Å². The molecule has 0 aromatic heterocycles. The zero-order valence-corrected chi connectivity index (χ0v) is 16.8. The van der Waals surface area contributed by atoms with Crippen molar-refractivity contribution < 1.29 is 14.3 Å². The number of amides is 1. The zero-order valence-electron chi connectivity index (χ0n) is 13.7. The largest absolute Gasteiger partial charge is 0.493 e. The van der Waals surface area contributed by atoms with Crippen LogP contribution in [0.3, 0.4) is 0 Å². The molecule has 134 valence electrons. The van der Waals surface area contributed by atoms with Gasteiger partial charge in [0, 0.05) is 11.3 Å². The van der Waals surface area contributed by atoms with E-state index in [0.29, 0.717) is 33.8 Å². The number of hydrogen-bond acceptors (Lipinski definition) is 4. The molecular formula is C17H17BrCl2N2O3. The zero-order chi connectivity index (χ0) is 18.6. The van der Waals surface area contributed by atoms with Gasteiger partial charge in [-0.05, 0) is 46.6 Å². The minimum absolute atomic E-state index is 0.267. The molecule has 1 amide bonds. The SMILES string of the molecule is CCCOc1c(Br)cc(C(=O)Nc2cc(Cl)c(N)c(Cl)c2)cc1OC. The topological polar surface area (TPSA) is 73.6 Å². The fourth-order valence-corrected chi connectivity index (χ4v) is 3.10. The van der Waals surface area contributed by atoms with E-state index < -0.39 is 0 Å². The smallest absolute Gasteiger partial charge is 0.255 e. The number of nitrogens with two attached hydrogens (primary N) is 1. The summed E-state index contributed by atoms with van der Waals surface area (Å²) in [5.74, 6) is 0.666. The summed E-state index contributed by atoms with van der Waals surface area (Å²) in [5.41, 5.74) is 6.79. The highest BCUT2D eigenvalue weighted by Gasteiger charge is 2.16.